The fourth-order valence-electron chi connectivity index (χ4n) is 2.74. The van der Waals surface area contributed by atoms with Gasteiger partial charge >= 0.3 is 6.03 Å². The summed E-state index contributed by atoms with van der Waals surface area (Å²) in [5, 5.41) is 5.66. The molecule has 26 heavy (non-hydrogen) atoms. The van der Waals surface area contributed by atoms with Crippen molar-refractivity contribution >= 4 is 34.6 Å². The Morgan fingerprint density at radius 1 is 1.23 bits per heavy atom. The Kier molecular flexibility index (Phi) is 4.44. The van der Waals surface area contributed by atoms with Crippen LogP contribution in [-0.4, -0.2) is 32.8 Å². The molecule has 2 aromatic rings. The van der Waals surface area contributed by atoms with Crippen LogP contribution in [0.4, 0.5) is 4.79 Å². The van der Waals surface area contributed by atoms with Crippen LogP contribution in [0.5, 0.6) is 0 Å². The molecule has 0 saturated heterocycles. The number of benzene rings is 1. The molecule has 0 spiro atoms. The Labute approximate surface area is 154 Å². The number of carbonyl (C=O) groups excluding carboxylic acids is 2. The van der Waals surface area contributed by atoms with Crippen molar-refractivity contribution in [3.8, 4) is 0 Å². The number of nitrogens with one attached hydrogen (secondary N) is 2. The number of thioether (sulfide) groups is 1. The highest BCUT2D eigenvalue weighted by molar-refractivity contribution is 8.00. The second kappa shape index (κ2) is 6.75. The second-order valence-electron chi connectivity index (χ2n) is 6.81. The van der Waals surface area contributed by atoms with Crippen LogP contribution in [0.2, 0.25) is 0 Å². The maximum absolute atomic E-state index is 12.8. The van der Waals surface area contributed by atoms with E-state index in [0.717, 1.165) is 25.7 Å². The van der Waals surface area contributed by atoms with Gasteiger partial charge in [-0.2, -0.15) is 0 Å². The van der Waals surface area contributed by atoms with Gasteiger partial charge in [-0.3, -0.25) is 19.5 Å². The maximum atomic E-state index is 12.8. The number of carbonyl (C=O) groups is 2. The number of para-hydroxylation sites is 1. The molecular weight excluding hydrogens is 352 g/mol. The zero-order valence-electron chi connectivity index (χ0n) is 14.4. The zero-order chi connectivity index (χ0) is 18.3. The van der Waals surface area contributed by atoms with Gasteiger partial charge in [0.1, 0.15) is 0 Å². The lowest BCUT2D eigenvalue weighted by atomic mass is 10.2. The van der Waals surface area contributed by atoms with Crippen LogP contribution in [0.15, 0.2) is 34.2 Å². The lowest BCUT2D eigenvalue weighted by Gasteiger charge is -2.15. The summed E-state index contributed by atoms with van der Waals surface area (Å²) in [5.74, 6) is -0.391. The summed E-state index contributed by atoms with van der Waals surface area (Å²) in [4.78, 5) is 41.5. The summed E-state index contributed by atoms with van der Waals surface area (Å²) in [6.45, 7) is 1.71. The molecule has 136 valence electrons. The first kappa shape index (κ1) is 17.1. The standard InChI is InChI=1S/C18H20N4O3S/c1-10(15(23)21-17(25)19-11-6-7-11)26-18-20-14-5-3-2-4-13(14)16(24)22(18)12-8-9-12/h2-5,10-12H,6-9H2,1H3,(H2,19,21,23,25). The van der Waals surface area contributed by atoms with E-state index in [9.17, 15) is 14.4 Å². The predicted octanol–water partition coefficient (Wildman–Crippen LogP) is 2.20. The van der Waals surface area contributed by atoms with Gasteiger partial charge in [-0.05, 0) is 44.7 Å². The Morgan fingerprint density at radius 2 is 1.96 bits per heavy atom. The van der Waals surface area contributed by atoms with Gasteiger partial charge in [-0.25, -0.2) is 9.78 Å². The monoisotopic (exact) mass is 372 g/mol. The number of amides is 3. The lowest BCUT2D eigenvalue weighted by Crippen LogP contribution is -2.43. The lowest BCUT2D eigenvalue weighted by molar-refractivity contribution is -0.119. The molecule has 8 heteroatoms. The van der Waals surface area contributed by atoms with Gasteiger partial charge in [-0.15, -0.1) is 0 Å². The van der Waals surface area contributed by atoms with E-state index in [2.05, 4.69) is 15.6 Å². The Bertz CT molecular complexity index is 934. The molecule has 0 bridgehead atoms. The van der Waals surface area contributed by atoms with Gasteiger partial charge in [0.05, 0.1) is 16.2 Å². The molecule has 2 aliphatic carbocycles. The molecule has 0 aliphatic heterocycles. The number of hydrogen-bond donors (Lipinski definition) is 2. The SMILES string of the molecule is CC(Sc1nc2ccccc2c(=O)n1C1CC1)C(=O)NC(=O)NC1CC1. The van der Waals surface area contributed by atoms with E-state index >= 15 is 0 Å². The molecule has 1 atom stereocenters. The summed E-state index contributed by atoms with van der Waals surface area (Å²) in [6, 6.07) is 7.11. The van der Waals surface area contributed by atoms with Gasteiger partial charge in [0.15, 0.2) is 5.16 Å². The van der Waals surface area contributed by atoms with E-state index in [-0.39, 0.29) is 17.6 Å². The zero-order valence-corrected chi connectivity index (χ0v) is 15.2. The number of imide groups is 1. The van der Waals surface area contributed by atoms with Gasteiger partial charge in [0, 0.05) is 12.1 Å². The highest BCUT2D eigenvalue weighted by Gasteiger charge is 2.30. The van der Waals surface area contributed by atoms with Crippen LogP contribution in [-0.2, 0) is 4.79 Å². The fraction of sp³-hybridized carbons (Fsp3) is 0.444. The minimum absolute atomic E-state index is 0.0697. The average molecular weight is 372 g/mol. The maximum Gasteiger partial charge on any atom is 0.321 e. The molecule has 3 amide bonds. The van der Waals surface area contributed by atoms with Crippen LogP contribution >= 0.6 is 11.8 Å². The first-order chi connectivity index (χ1) is 12.5. The van der Waals surface area contributed by atoms with Crippen LogP contribution in [0.3, 0.4) is 0 Å². The Morgan fingerprint density at radius 3 is 2.65 bits per heavy atom. The Hall–Kier alpha value is -2.35. The van der Waals surface area contributed by atoms with Gasteiger partial charge < -0.3 is 5.32 Å². The molecule has 1 unspecified atom stereocenters. The quantitative estimate of drug-likeness (QED) is 0.620. The molecule has 7 nitrogen and oxygen atoms in total. The predicted molar refractivity (Wildman–Crippen MR) is 99.3 cm³/mol. The minimum atomic E-state index is -0.544. The molecule has 1 aromatic heterocycles. The molecule has 2 aliphatic rings. The van der Waals surface area contributed by atoms with Crippen molar-refractivity contribution < 1.29 is 9.59 Å². The van der Waals surface area contributed by atoms with Crippen molar-refractivity contribution in [1.82, 2.24) is 20.2 Å². The average Bonchev–Trinajstić information content (AvgIpc) is 3.50. The third kappa shape index (κ3) is 3.60. The van der Waals surface area contributed by atoms with Gasteiger partial charge in [0.2, 0.25) is 5.91 Å². The molecule has 2 saturated carbocycles. The van der Waals surface area contributed by atoms with Crippen molar-refractivity contribution in [2.24, 2.45) is 0 Å². The van der Waals surface area contributed by atoms with Gasteiger partial charge in [0.25, 0.3) is 5.56 Å². The topological polar surface area (TPSA) is 93.1 Å². The number of urea groups is 1. The van der Waals surface area contributed by atoms with Crippen molar-refractivity contribution in [2.75, 3.05) is 0 Å². The molecular formula is C18H20N4O3S. The third-order valence-electron chi connectivity index (χ3n) is 4.49. The van der Waals surface area contributed by atoms with Crippen molar-refractivity contribution in [3.05, 3.63) is 34.6 Å². The summed E-state index contributed by atoms with van der Waals surface area (Å²) >= 11 is 1.21. The van der Waals surface area contributed by atoms with E-state index < -0.39 is 17.2 Å². The Balaban J connectivity index is 1.55. The number of fused-ring (bicyclic) bond motifs is 1. The normalized spacial score (nSPS) is 17.7. The van der Waals surface area contributed by atoms with Crippen LogP contribution in [0.25, 0.3) is 10.9 Å². The number of aromatic nitrogens is 2. The highest BCUT2D eigenvalue weighted by Crippen LogP contribution is 2.37. The summed E-state index contributed by atoms with van der Waals surface area (Å²) in [7, 11) is 0. The number of hydrogen-bond acceptors (Lipinski definition) is 5. The first-order valence-electron chi connectivity index (χ1n) is 8.82. The largest absolute Gasteiger partial charge is 0.335 e. The van der Waals surface area contributed by atoms with E-state index in [0.29, 0.717) is 16.1 Å². The van der Waals surface area contributed by atoms with E-state index in [4.69, 9.17) is 0 Å². The van der Waals surface area contributed by atoms with Crippen molar-refractivity contribution in [3.63, 3.8) is 0 Å². The molecule has 2 fully saturated rings. The van der Waals surface area contributed by atoms with E-state index in [1.807, 2.05) is 12.1 Å². The van der Waals surface area contributed by atoms with E-state index in [1.54, 1.807) is 23.6 Å². The minimum Gasteiger partial charge on any atom is -0.335 e. The van der Waals surface area contributed by atoms with Crippen molar-refractivity contribution in [1.29, 1.82) is 0 Å². The highest BCUT2D eigenvalue weighted by atomic mass is 32.2. The molecule has 2 N–H and O–H groups in total. The molecule has 0 radical (unpaired) electrons. The first-order valence-corrected chi connectivity index (χ1v) is 9.70. The fourth-order valence-corrected chi connectivity index (χ4v) is 3.72. The van der Waals surface area contributed by atoms with Crippen LogP contribution < -0.4 is 16.2 Å². The third-order valence-corrected chi connectivity index (χ3v) is 5.55. The van der Waals surface area contributed by atoms with Crippen molar-refractivity contribution in [2.45, 2.75) is 55.1 Å². The summed E-state index contributed by atoms with van der Waals surface area (Å²) < 4.78 is 1.70. The molecule has 4 rings (SSSR count). The van der Waals surface area contributed by atoms with Crippen LogP contribution in [0, 0.1) is 0 Å². The number of nitrogens with zero attached hydrogens (tertiary/aromatic N) is 2. The summed E-state index contributed by atoms with van der Waals surface area (Å²) in [5.41, 5.74) is 0.552. The van der Waals surface area contributed by atoms with Crippen LogP contribution in [0.1, 0.15) is 38.6 Å². The summed E-state index contributed by atoms with van der Waals surface area (Å²) in [6.07, 6.45) is 3.80. The van der Waals surface area contributed by atoms with E-state index in [1.165, 1.54) is 11.8 Å². The second-order valence-corrected chi connectivity index (χ2v) is 8.12. The molecule has 1 aromatic carbocycles. The number of rotatable bonds is 5. The van der Waals surface area contributed by atoms with Gasteiger partial charge in [-0.1, -0.05) is 23.9 Å². The smallest absolute Gasteiger partial charge is 0.321 e. The molecule has 1 heterocycles.